The first kappa shape index (κ1) is 14.7. The van der Waals surface area contributed by atoms with Gasteiger partial charge in [0.05, 0.1) is 0 Å². The van der Waals surface area contributed by atoms with E-state index in [2.05, 4.69) is 31.5 Å². The van der Waals surface area contributed by atoms with Gasteiger partial charge in [-0.3, -0.25) is 9.59 Å². The second-order valence-corrected chi connectivity index (χ2v) is 5.62. The maximum absolute atomic E-state index is 11.7. The molecule has 0 radical (unpaired) electrons. The van der Waals surface area contributed by atoms with E-state index in [-0.39, 0.29) is 24.8 Å². The van der Waals surface area contributed by atoms with Crippen molar-refractivity contribution < 1.29 is 9.59 Å². The van der Waals surface area contributed by atoms with Crippen LogP contribution in [0.5, 0.6) is 0 Å². The monoisotopic (exact) mass is 353 g/mol. The van der Waals surface area contributed by atoms with E-state index in [1.807, 2.05) is 5.38 Å². The Morgan fingerprint density at radius 2 is 2.15 bits per heavy atom. The van der Waals surface area contributed by atoms with Crippen molar-refractivity contribution in [3.63, 3.8) is 0 Å². The van der Waals surface area contributed by atoms with Gasteiger partial charge in [0, 0.05) is 34.6 Å². The lowest BCUT2D eigenvalue weighted by Gasteiger charge is -2.05. The van der Waals surface area contributed by atoms with Gasteiger partial charge in [-0.15, -0.1) is 0 Å². The normalized spacial score (nSPS) is 10.1. The van der Waals surface area contributed by atoms with Gasteiger partial charge in [-0.1, -0.05) is 0 Å². The number of hydrogen-bond donors (Lipinski definition) is 2. The van der Waals surface area contributed by atoms with E-state index in [0.717, 1.165) is 4.47 Å². The molecule has 0 fully saturated rings. The summed E-state index contributed by atoms with van der Waals surface area (Å²) in [5, 5.41) is 8.95. The number of aromatic nitrogens is 1. The quantitative estimate of drug-likeness (QED) is 0.867. The molecule has 0 bridgehead atoms. The van der Waals surface area contributed by atoms with Crippen LogP contribution in [-0.2, 0) is 4.79 Å². The van der Waals surface area contributed by atoms with E-state index in [4.69, 9.17) is 0 Å². The summed E-state index contributed by atoms with van der Waals surface area (Å²) < 4.78 is 0.846. The predicted octanol–water partition coefficient (Wildman–Crippen LogP) is 2.66. The lowest BCUT2D eigenvalue weighted by atomic mass is 10.3. The van der Waals surface area contributed by atoms with Crippen molar-refractivity contribution in [2.24, 2.45) is 0 Å². The summed E-state index contributed by atoms with van der Waals surface area (Å²) in [5.74, 6) is 0.133. The molecule has 0 aliphatic heterocycles. The van der Waals surface area contributed by atoms with Crippen LogP contribution < -0.4 is 10.6 Å². The minimum absolute atomic E-state index is 0.166. The predicted molar refractivity (Wildman–Crippen MR) is 81.8 cm³/mol. The molecule has 0 atom stereocenters. The molecule has 5 nitrogen and oxygen atoms in total. The number of amides is 2. The molecule has 2 N–H and O–H groups in total. The van der Waals surface area contributed by atoms with Crippen LogP contribution in [0.2, 0.25) is 0 Å². The molecular formula is C13H12BrN3O2S. The molecule has 0 saturated heterocycles. The fourth-order valence-corrected chi connectivity index (χ4v) is 2.31. The molecule has 20 heavy (non-hydrogen) atoms. The van der Waals surface area contributed by atoms with Gasteiger partial charge in [0.1, 0.15) is 5.82 Å². The lowest BCUT2D eigenvalue weighted by Crippen LogP contribution is -2.27. The Morgan fingerprint density at radius 3 is 2.80 bits per heavy atom. The minimum atomic E-state index is -0.189. The Labute approximate surface area is 128 Å². The van der Waals surface area contributed by atoms with Crippen LogP contribution in [0.15, 0.2) is 39.6 Å². The summed E-state index contributed by atoms with van der Waals surface area (Å²) in [5.41, 5.74) is 0.616. The second kappa shape index (κ2) is 7.16. The molecule has 2 amide bonds. The number of hydrogen-bond acceptors (Lipinski definition) is 4. The summed E-state index contributed by atoms with van der Waals surface area (Å²) in [6.07, 6.45) is 1.81. The van der Waals surface area contributed by atoms with Crippen LogP contribution in [0.4, 0.5) is 5.82 Å². The van der Waals surface area contributed by atoms with Crippen molar-refractivity contribution in [3.05, 3.63) is 45.2 Å². The summed E-state index contributed by atoms with van der Waals surface area (Å²) in [6, 6.07) is 5.23. The Hall–Kier alpha value is -1.73. The highest BCUT2D eigenvalue weighted by Gasteiger charge is 2.07. The van der Waals surface area contributed by atoms with Crippen molar-refractivity contribution in [3.8, 4) is 0 Å². The SMILES string of the molecule is O=C(CCNC(=O)c1ccsc1)Nc1ccc(Br)cn1. The van der Waals surface area contributed by atoms with E-state index < -0.39 is 0 Å². The summed E-state index contributed by atoms with van der Waals surface area (Å²) in [7, 11) is 0. The minimum Gasteiger partial charge on any atom is -0.351 e. The molecule has 2 aromatic heterocycles. The standard InChI is InChI=1S/C13H12BrN3O2S/c14-10-1-2-11(16-7-10)17-12(18)3-5-15-13(19)9-4-6-20-8-9/h1-2,4,6-8H,3,5H2,(H,15,19)(H,16,17,18). The lowest BCUT2D eigenvalue weighted by molar-refractivity contribution is -0.116. The molecule has 0 aliphatic carbocycles. The number of carbonyl (C=O) groups excluding carboxylic acids is 2. The summed E-state index contributed by atoms with van der Waals surface area (Å²) >= 11 is 4.72. The Morgan fingerprint density at radius 1 is 1.30 bits per heavy atom. The van der Waals surface area contributed by atoms with Crippen molar-refractivity contribution in [1.82, 2.24) is 10.3 Å². The highest BCUT2D eigenvalue weighted by molar-refractivity contribution is 9.10. The van der Waals surface area contributed by atoms with Gasteiger partial charge in [0.2, 0.25) is 5.91 Å². The van der Waals surface area contributed by atoms with Gasteiger partial charge in [0.25, 0.3) is 5.91 Å². The topological polar surface area (TPSA) is 71.1 Å². The molecule has 2 heterocycles. The summed E-state index contributed by atoms with van der Waals surface area (Å²) in [4.78, 5) is 27.3. The second-order valence-electron chi connectivity index (χ2n) is 3.93. The molecule has 0 unspecified atom stereocenters. The molecular weight excluding hydrogens is 342 g/mol. The molecule has 0 aliphatic rings. The number of rotatable bonds is 5. The van der Waals surface area contributed by atoms with Crippen LogP contribution in [0.3, 0.4) is 0 Å². The molecule has 7 heteroatoms. The van der Waals surface area contributed by atoms with Gasteiger partial charge >= 0.3 is 0 Å². The van der Waals surface area contributed by atoms with Gasteiger partial charge < -0.3 is 10.6 Å². The number of thiophene rings is 1. The zero-order chi connectivity index (χ0) is 14.4. The van der Waals surface area contributed by atoms with Crippen LogP contribution in [0, 0.1) is 0 Å². The molecule has 0 aromatic carbocycles. The van der Waals surface area contributed by atoms with E-state index in [9.17, 15) is 9.59 Å². The Bertz CT molecular complexity index is 584. The first-order valence-corrected chi connectivity index (χ1v) is 7.60. The van der Waals surface area contributed by atoms with Gasteiger partial charge in [0.15, 0.2) is 0 Å². The number of anilines is 1. The third kappa shape index (κ3) is 4.43. The zero-order valence-corrected chi connectivity index (χ0v) is 12.8. The highest BCUT2D eigenvalue weighted by atomic mass is 79.9. The van der Waals surface area contributed by atoms with Crippen molar-refractivity contribution in [2.75, 3.05) is 11.9 Å². The third-order valence-electron chi connectivity index (χ3n) is 2.42. The number of halogens is 1. The number of nitrogens with one attached hydrogen (secondary N) is 2. The average molecular weight is 354 g/mol. The fraction of sp³-hybridized carbons (Fsp3) is 0.154. The van der Waals surface area contributed by atoms with Crippen LogP contribution in [0.25, 0.3) is 0 Å². The van der Waals surface area contributed by atoms with Gasteiger partial charge in [-0.2, -0.15) is 11.3 Å². The maximum Gasteiger partial charge on any atom is 0.252 e. The number of nitrogens with zero attached hydrogens (tertiary/aromatic N) is 1. The largest absolute Gasteiger partial charge is 0.351 e. The van der Waals surface area contributed by atoms with Crippen LogP contribution in [0.1, 0.15) is 16.8 Å². The van der Waals surface area contributed by atoms with Crippen molar-refractivity contribution >= 4 is 44.9 Å². The number of carbonyl (C=O) groups is 2. The zero-order valence-electron chi connectivity index (χ0n) is 10.4. The van der Waals surface area contributed by atoms with Gasteiger partial charge in [-0.25, -0.2) is 4.98 Å². The van der Waals surface area contributed by atoms with Gasteiger partial charge in [-0.05, 0) is 39.5 Å². The maximum atomic E-state index is 11.7. The molecule has 0 spiro atoms. The van der Waals surface area contributed by atoms with Crippen LogP contribution >= 0.6 is 27.3 Å². The van der Waals surface area contributed by atoms with Crippen LogP contribution in [-0.4, -0.2) is 23.3 Å². The average Bonchev–Trinajstić information content (AvgIpc) is 2.95. The molecule has 104 valence electrons. The third-order valence-corrected chi connectivity index (χ3v) is 3.57. The van der Waals surface area contributed by atoms with E-state index in [0.29, 0.717) is 11.4 Å². The van der Waals surface area contributed by atoms with Crippen molar-refractivity contribution in [1.29, 1.82) is 0 Å². The first-order chi connectivity index (χ1) is 9.65. The number of pyridine rings is 1. The molecule has 2 rings (SSSR count). The molecule has 0 saturated carbocycles. The Kier molecular flexibility index (Phi) is 5.25. The smallest absolute Gasteiger partial charge is 0.252 e. The van der Waals surface area contributed by atoms with E-state index in [1.54, 1.807) is 29.8 Å². The van der Waals surface area contributed by atoms with E-state index in [1.165, 1.54) is 11.3 Å². The van der Waals surface area contributed by atoms with E-state index >= 15 is 0 Å². The Balaban J connectivity index is 1.73. The summed E-state index contributed by atoms with van der Waals surface area (Å²) in [6.45, 7) is 0.289. The highest BCUT2D eigenvalue weighted by Crippen LogP contribution is 2.10. The molecule has 2 aromatic rings. The fourth-order valence-electron chi connectivity index (χ4n) is 1.44. The van der Waals surface area contributed by atoms with Crippen molar-refractivity contribution in [2.45, 2.75) is 6.42 Å². The first-order valence-electron chi connectivity index (χ1n) is 5.87.